The smallest absolute Gasteiger partial charge is 0.238 e. The lowest BCUT2D eigenvalue weighted by atomic mass is 10.0. The third kappa shape index (κ3) is 4.25. The molecule has 1 atom stereocenters. The van der Waals surface area contributed by atoms with Crippen molar-refractivity contribution in [2.45, 2.75) is 25.3 Å². The van der Waals surface area contributed by atoms with Crippen LogP contribution in [0.1, 0.15) is 19.3 Å². The Balaban J connectivity index is 2.62. The lowest BCUT2D eigenvalue weighted by Gasteiger charge is -2.32. The highest BCUT2D eigenvalue weighted by Crippen LogP contribution is 2.19. The summed E-state index contributed by atoms with van der Waals surface area (Å²) in [6.45, 7) is 1.27. The number of sulfonamides is 1. The molecule has 1 aliphatic heterocycles. The molecule has 0 radical (unpaired) electrons. The van der Waals surface area contributed by atoms with E-state index in [2.05, 4.69) is 5.32 Å². The number of carbonyl (C=O) groups excluding carboxylic acids is 1. The van der Waals surface area contributed by atoms with E-state index < -0.39 is 16.1 Å². The maximum absolute atomic E-state index is 11.9. The Kier molecular flexibility index (Phi) is 5.35. The maximum atomic E-state index is 11.9. The van der Waals surface area contributed by atoms with Gasteiger partial charge in [0.2, 0.25) is 15.9 Å². The molecular formula is C10H20N2O4S. The zero-order valence-corrected chi connectivity index (χ0v) is 11.1. The molecule has 7 heteroatoms. The average molecular weight is 264 g/mol. The molecule has 0 aromatic heterocycles. The van der Waals surface area contributed by atoms with E-state index >= 15 is 0 Å². The SMILES string of the molecule is COCCNC(=O)C1CCCCN1S(C)(=O)=O. The van der Waals surface area contributed by atoms with Crippen LogP contribution in [0.25, 0.3) is 0 Å². The number of methoxy groups -OCH3 is 1. The summed E-state index contributed by atoms with van der Waals surface area (Å²) in [5, 5.41) is 2.69. The number of hydrogen-bond acceptors (Lipinski definition) is 4. The number of hydrogen-bond donors (Lipinski definition) is 1. The van der Waals surface area contributed by atoms with Crippen molar-refractivity contribution in [3.8, 4) is 0 Å². The fourth-order valence-electron chi connectivity index (χ4n) is 1.96. The minimum Gasteiger partial charge on any atom is -0.383 e. The molecule has 0 aromatic rings. The molecule has 1 fully saturated rings. The van der Waals surface area contributed by atoms with Gasteiger partial charge in [-0.1, -0.05) is 6.42 Å². The molecule has 1 rings (SSSR count). The summed E-state index contributed by atoms with van der Waals surface area (Å²) in [5.41, 5.74) is 0. The topological polar surface area (TPSA) is 75.7 Å². The van der Waals surface area contributed by atoms with Crippen LogP contribution in [-0.2, 0) is 19.6 Å². The van der Waals surface area contributed by atoms with Crippen molar-refractivity contribution >= 4 is 15.9 Å². The maximum Gasteiger partial charge on any atom is 0.238 e. The Morgan fingerprint density at radius 1 is 1.47 bits per heavy atom. The summed E-state index contributed by atoms with van der Waals surface area (Å²) >= 11 is 0. The van der Waals surface area contributed by atoms with Gasteiger partial charge in [-0.3, -0.25) is 4.79 Å². The predicted molar refractivity (Wildman–Crippen MR) is 64.1 cm³/mol. The zero-order valence-electron chi connectivity index (χ0n) is 10.3. The van der Waals surface area contributed by atoms with Gasteiger partial charge in [0.25, 0.3) is 0 Å². The third-order valence-electron chi connectivity index (χ3n) is 2.79. The van der Waals surface area contributed by atoms with Gasteiger partial charge < -0.3 is 10.1 Å². The molecule has 100 valence electrons. The first-order chi connectivity index (χ1) is 7.96. The highest BCUT2D eigenvalue weighted by atomic mass is 32.2. The Morgan fingerprint density at radius 3 is 2.76 bits per heavy atom. The van der Waals surface area contributed by atoms with Crippen LogP contribution in [0, 0.1) is 0 Å². The van der Waals surface area contributed by atoms with Crippen LogP contribution in [0.5, 0.6) is 0 Å². The Hall–Kier alpha value is -0.660. The number of piperidine rings is 1. The molecule has 0 saturated carbocycles. The van der Waals surface area contributed by atoms with Crippen LogP contribution >= 0.6 is 0 Å². The van der Waals surface area contributed by atoms with Crippen molar-refractivity contribution in [2.75, 3.05) is 33.1 Å². The van der Waals surface area contributed by atoms with E-state index in [9.17, 15) is 13.2 Å². The van der Waals surface area contributed by atoms with Gasteiger partial charge in [-0.15, -0.1) is 0 Å². The van der Waals surface area contributed by atoms with Gasteiger partial charge in [0, 0.05) is 20.2 Å². The molecular weight excluding hydrogens is 244 g/mol. The number of carbonyl (C=O) groups is 1. The van der Waals surface area contributed by atoms with Crippen LogP contribution < -0.4 is 5.32 Å². The molecule has 1 saturated heterocycles. The van der Waals surface area contributed by atoms with Gasteiger partial charge in [-0.25, -0.2) is 8.42 Å². The number of rotatable bonds is 5. The summed E-state index contributed by atoms with van der Waals surface area (Å²) in [4.78, 5) is 11.9. The normalized spacial score (nSPS) is 22.4. The molecule has 0 bridgehead atoms. The number of nitrogens with one attached hydrogen (secondary N) is 1. The monoisotopic (exact) mass is 264 g/mol. The molecule has 1 heterocycles. The summed E-state index contributed by atoms with van der Waals surface area (Å²) in [6, 6.07) is -0.560. The van der Waals surface area contributed by atoms with Gasteiger partial charge in [0.15, 0.2) is 0 Å². The van der Waals surface area contributed by atoms with Gasteiger partial charge in [-0.05, 0) is 12.8 Å². The van der Waals surface area contributed by atoms with Crippen LogP contribution in [0.4, 0.5) is 0 Å². The van der Waals surface area contributed by atoms with Crippen molar-refractivity contribution in [3.05, 3.63) is 0 Å². The second kappa shape index (κ2) is 6.32. The fraction of sp³-hybridized carbons (Fsp3) is 0.900. The van der Waals surface area contributed by atoms with E-state index in [0.717, 1.165) is 19.1 Å². The Labute approximate surface area is 102 Å². The van der Waals surface area contributed by atoms with E-state index in [1.165, 1.54) is 4.31 Å². The molecule has 6 nitrogen and oxygen atoms in total. The lowest BCUT2D eigenvalue weighted by molar-refractivity contribution is -0.125. The summed E-state index contributed by atoms with van der Waals surface area (Å²) < 4.78 is 29.2. The van der Waals surface area contributed by atoms with Crippen LogP contribution in [0.2, 0.25) is 0 Å². The van der Waals surface area contributed by atoms with Crippen molar-refractivity contribution < 1.29 is 17.9 Å². The molecule has 1 aliphatic rings. The molecule has 0 aromatic carbocycles. The van der Waals surface area contributed by atoms with Crippen LogP contribution in [-0.4, -0.2) is 57.7 Å². The van der Waals surface area contributed by atoms with Crippen LogP contribution in [0.3, 0.4) is 0 Å². The third-order valence-corrected chi connectivity index (χ3v) is 4.08. The first-order valence-electron chi connectivity index (χ1n) is 5.70. The predicted octanol–water partition coefficient (Wildman–Crippen LogP) is -0.437. The van der Waals surface area contributed by atoms with Crippen molar-refractivity contribution in [1.29, 1.82) is 0 Å². The van der Waals surface area contributed by atoms with Crippen molar-refractivity contribution in [1.82, 2.24) is 9.62 Å². The van der Waals surface area contributed by atoms with E-state index in [0.29, 0.717) is 26.1 Å². The highest BCUT2D eigenvalue weighted by molar-refractivity contribution is 7.88. The van der Waals surface area contributed by atoms with Crippen molar-refractivity contribution in [2.24, 2.45) is 0 Å². The van der Waals surface area contributed by atoms with E-state index in [4.69, 9.17) is 4.74 Å². The number of amides is 1. The average Bonchev–Trinajstić information content (AvgIpc) is 2.28. The summed E-state index contributed by atoms with van der Waals surface area (Å²) in [5.74, 6) is -0.229. The van der Waals surface area contributed by atoms with E-state index in [-0.39, 0.29) is 5.91 Å². The van der Waals surface area contributed by atoms with Gasteiger partial charge in [-0.2, -0.15) is 4.31 Å². The van der Waals surface area contributed by atoms with Gasteiger partial charge in [0.05, 0.1) is 12.9 Å². The Bertz CT molecular complexity index is 355. The van der Waals surface area contributed by atoms with Crippen molar-refractivity contribution in [3.63, 3.8) is 0 Å². The second-order valence-corrected chi connectivity index (χ2v) is 6.10. The molecule has 0 spiro atoms. The standard InChI is InChI=1S/C10H20N2O4S/c1-16-8-6-11-10(13)9-5-3-4-7-12(9)17(2,14)15/h9H,3-8H2,1-2H3,(H,11,13). The fourth-order valence-corrected chi connectivity index (χ4v) is 3.08. The first-order valence-corrected chi connectivity index (χ1v) is 7.55. The van der Waals surface area contributed by atoms with Crippen LogP contribution in [0.15, 0.2) is 0 Å². The molecule has 1 unspecified atom stereocenters. The molecule has 1 amide bonds. The van der Waals surface area contributed by atoms with E-state index in [1.807, 2.05) is 0 Å². The van der Waals surface area contributed by atoms with Gasteiger partial charge >= 0.3 is 0 Å². The largest absolute Gasteiger partial charge is 0.383 e. The number of ether oxygens (including phenoxy) is 1. The lowest BCUT2D eigenvalue weighted by Crippen LogP contribution is -2.51. The highest BCUT2D eigenvalue weighted by Gasteiger charge is 2.33. The minimum atomic E-state index is -3.31. The molecule has 17 heavy (non-hydrogen) atoms. The second-order valence-electron chi connectivity index (χ2n) is 4.17. The zero-order chi connectivity index (χ0) is 12.9. The number of nitrogens with zero attached hydrogens (tertiary/aromatic N) is 1. The molecule has 0 aliphatic carbocycles. The van der Waals surface area contributed by atoms with Gasteiger partial charge in [0.1, 0.15) is 6.04 Å². The Morgan fingerprint density at radius 2 is 2.18 bits per heavy atom. The minimum absolute atomic E-state index is 0.229. The summed E-state index contributed by atoms with van der Waals surface area (Å²) in [7, 11) is -1.76. The summed E-state index contributed by atoms with van der Waals surface area (Å²) in [6.07, 6.45) is 3.43. The molecule has 1 N–H and O–H groups in total. The first kappa shape index (κ1) is 14.4. The quantitative estimate of drug-likeness (QED) is 0.683. The van der Waals surface area contributed by atoms with E-state index in [1.54, 1.807) is 7.11 Å².